The van der Waals surface area contributed by atoms with Crippen molar-refractivity contribution in [2.24, 2.45) is 0 Å². The quantitative estimate of drug-likeness (QED) is 0.740. The van der Waals surface area contributed by atoms with Gasteiger partial charge in [-0.25, -0.2) is 0 Å². The monoisotopic (exact) mass is 257 g/mol. The van der Waals surface area contributed by atoms with Crippen LogP contribution in [0.4, 0.5) is 5.69 Å². The first kappa shape index (κ1) is 13.0. The molecule has 19 heavy (non-hydrogen) atoms. The van der Waals surface area contributed by atoms with Crippen LogP contribution in [0.3, 0.4) is 0 Å². The lowest BCUT2D eigenvalue weighted by Crippen LogP contribution is -2.13. The van der Waals surface area contributed by atoms with Crippen LogP contribution in [0, 0.1) is 0 Å². The van der Waals surface area contributed by atoms with Crippen molar-refractivity contribution < 1.29 is 15.0 Å². The van der Waals surface area contributed by atoms with Gasteiger partial charge in [0.05, 0.1) is 0 Å². The van der Waals surface area contributed by atoms with E-state index < -0.39 is 0 Å². The molecule has 4 nitrogen and oxygen atoms in total. The van der Waals surface area contributed by atoms with Crippen LogP contribution in [0.2, 0.25) is 0 Å². The van der Waals surface area contributed by atoms with Crippen molar-refractivity contribution in [2.45, 2.75) is 13.3 Å². The van der Waals surface area contributed by atoms with Crippen molar-refractivity contribution in [3.8, 4) is 11.5 Å². The number of benzene rings is 2. The zero-order valence-corrected chi connectivity index (χ0v) is 10.6. The van der Waals surface area contributed by atoms with Gasteiger partial charge in [-0.2, -0.15) is 0 Å². The van der Waals surface area contributed by atoms with Crippen molar-refractivity contribution >= 4 is 11.6 Å². The highest BCUT2D eigenvalue weighted by molar-refractivity contribution is 6.05. The van der Waals surface area contributed by atoms with E-state index in [2.05, 4.69) is 5.32 Å². The summed E-state index contributed by atoms with van der Waals surface area (Å²) < 4.78 is 0. The summed E-state index contributed by atoms with van der Waals surface area (Å²) in [6, 6.07) is 11.5. The van der Waals surface area contributed by atoms with Gasteiger partial charge in [0.1, 0.15) is 0 Å². The van der Waals surface area contributed by atoms with Gasteiger partial charge in [0.15, 0.2) is 11.5 Å². The third-order valence-corrected chi connectivity index (χ3v) is 2.88. The highest BCUT2D eigenvalue weighted by Gasteiger charge is 2.10. The number of amides is 1. The lowest BCUT2D eigenvalue weighted by atomic mass is 10.1. The molecule has 98 valence electrons. The van der Waals surface area contributed by atoms with Crippen LogP contribution >= 0.6 is 0 Å². The maximum Gasteiger partial charge on any atom is 0.255 e. The molecule has 4 heteroatoms. The van der Waals surface area contributed by atoms with Gasteiger partial charge in [-0.15, -0.1) is 0 Å². The molecule has 2 aromatic rings. The number of nitrogens with one attached hydrogen (secondary N) is 1. The summed E-state index contributed by atoms with van der Waals surface area (Å²) in [4.78, 5) is 12.0. The molecule has 0 aliphatic rings. The lowest BCUT2D eigenvalue weighted by molar-refractivity contribution is 0.102. The number of aryl methyl sites for hydroxylation is 1. The van der Waals surface area contributed by atoms with Gasteiger partial charge >= 0.3 is 0 Å². The van der Waals surface area contributed by atoms with Gasteiger partial charge in [-0.1, -0.05) is 25.1 Å². The first-order valence-electron chi connectivity index (χ1n) is 6.03. The van der Waals surface area contributed by atoms with Gasteiger partial charge in [0, 0.05) is 11.3 Å². The summed E-state index contributed by atoms with van der Waals surface area (Å²) in [5, 5.41) is 21.4. The molecule has 0 spiro atoms. The highest BCUT2D eigenvalue weighted by atomic mass is 16.3. The summed E-state index contributed by atoms with van der Waals surface area (Å²) in [6.07, 6.45) is 0.817. The van der Waals surface area contributed by atoms with Crippen LogP contribution in [-0.4, -0.2) is 16.1 Å². The number of anilines is 1. The van der Waals surface area contributed by atoms with E-state index in [-0.39, 0.29) is 17.4 Å². The molecule has 0 heterocycles. The number of rotatable bonds is 3. The van der Waals surface area contributed by atoms with Crippen LogP contribution in [0.1, 0.15) is 22.8 Å². The predicted octanol–water partition coefficient (Wildman–Crippen LogP) is 2.91. The second kappa shape index (κ2) is 5.44. The van der Waals surface area contributed by atoms with Gasteiger partial charge in [0.25, 0.3) is 5.91 Å². The van der Waals surface area contributed by atoms with Gasteiger partial charge in [-0.3, -0.25) is 4.79 Å². The number of aromatic hydroxyl groups is 2. The van der Waals surface area contributed by atoms with Crippen molar-refractivity contribution in [1.29, 1.82) is 0 Å². The highest BCUT2D eigenvalue weighted by Crippen LogP contribution is 2.25. The number of phenolic OH excluding ortho intramolecular Hbond substituents is 2. The molecule has 3 N–H and O–H groups in total. The minimum Gasteiger partial charge on any atom is -0.504 e. The fourth-order valence-corrected chi connectivity index (χ4v) is 1.81. The molecule has 0 saturated carbocycles. The molecule has 2 rings (SSSR count). The third-order valence-electron chi connectivity index (χ3n) is 2.88. The van der Waals surface area contributed by atoms with Crippen LogP contribution in [-0.2, 0) is 6.42 Å². The van der Waals surface area contributed by atoms with E-state index in [0.29, 0.717) is 5.56 Å². The molecule has 0 aliphatic carbocycles. The molecular formula is C15H15NO3. The molecule has 2 aromatic carbocycles. The normalized spacial score (nSPS) is 10.2. The number of carbonyl (C=O) groups is 1. The second-order valence-corrected chi connectivity index (χ2v) is 4.17. The zero-order chi connectivity index (χ0) is 13.8. The summed E-state index contributed by atoms with van der Waals surface area (Å²) >= 11 is 0. The molecule has 1 amide bonds. The summed E-state index contributed by atoms with van der Waals surface area (Å²) in [5.74, 6) is -0.877. The van der Waals surface area contributed by atoms with Gasteiger partial charge < -0.3 is 15.5 Å². The Bertz CT molecular complexity index is 608. The Labute approximate surface area is 111 Å². The maximum absolute atomic E-state index is 12.0. The molecule has 0 aliphatic heterocycles. The minimum atomic E-state index is -0.323. The van der Waals surface area contributed by atoms with E-state index >= 15 is 0 Å². The average molecular weight is 257 g/mol. The predicted molar refractivity (Wildman–Crippen MR) is 73.5 cm³/mol. The lowest BCUT2D eigenvalue weighted by Gasteiger charge is -2.10. The molecule has 0 fully saturated rings. The zero-order valence-electron chi connectivity index (χ0n) is 10.6. The van der Waals surface area contributed by atoms with E-state index in [0.717, 1.165) is 17.7 Å². The second-order valence-electron chi connectivity index (χ2n) is 4.17. The summed E-state index contributed by atoms with van der Waals surface area (Å²) in [5.41, 5.74) is 2.09. The Hall–Kier alpha value is -2.49. The van der Waals surface area contributed by atoms with Crippen LogP contribution < -0.4 is 5.32 Å². The Morgan fingerprint density at radius 1 is 1.11 bits per heavy atom. The Morgan fingerprint density at radius 2 is 1.84 bits per heavy atom. The Morgan fingerprint density at radius 3 is 2.53 bits per heavy atom. The Kier molecular flexibility index (Phi) is 3.71. The van der Waals surface area contributed by atoms with E-state index in [9.17, 15) is 15.0 Å². The average Bonchev–Trinajstić information content (AvgIpc) is 2.42. The standard InChI is InChI=1S/C15H15NO3/c1-2-10-5-3-4-6-12(10)16-15(19)11-7-8-13(17)14(18)9-11/h3-9,17-18H,2H2,1H3,(H,16,19). The van der Waals surface area contributed by atoms with Crippen molar-refractivity contribution in [2.75, 3.05) is 5.32 Å². The van der Waals surface area contributed by atoms with Crippen molar-refractivity contribution in [1.82, 2.24) is 0 Å². The molecule has 0 unspecified atom stereocenters. The molecule has 0 saturated heterocycles. The summed E-state index contributed by atoms with van der Waals surface area (Å²) in [6.45, 7) is 2.01. The molecule has 0 radical (unpaired) electrons. The SMILES string of the molecule is CCc1ccccc1NC(=O)c1ccc(O)c(O)c1. The fraction of sp³-hybridized carbons (Fsp3) is 0.133. The minimum absolute atomic E-state index is 0.245. The van der Waals surface area contributed by atoms with Crippen LogP contribution in [0.15, 0.2) is 42.5 Å². The third kappa shape index (κ3) is 2.85. The number of phenols is 2. The van der Waals surface area contributed by atoms with E-state index in [1.54, 1.807) is 0 Å². The smallest absolute Gasteiger partial charge is 0.255 e. The van der Waals surface area contributed by atoms with Gasteiger partial charge in [-0.05, 0) is 36.2 Å². The molecule has 0 atom stereocenters. The number of hydrogen-bond donors (Lipinski definition) is 3. The first-order chi connectivity index (χ1) is 9.11. The fourth-order valence-electron chi connectivity index (χ4n) is 1.81. The van der Waals surface area contributed by atoms with Crippen molar-refractivity contribution in [3.05, 3.63) is 53.6 Å². The van der Waals surface area contributed by atoms with E-state index in [1.165, 1.54) is 18.2 Å². The number of para-hydroxylation sites is 1. The molecule has 0 aromatic heterocycles. The molecular weight excluding hydrogens is 242 g/mol. The van der Waals surface area contributed by atoms with Crippen LogP contribution in [0.25, 0.3) is 0 Å². The first-order valence-corrected chi connectivity index (χ1v) is 6.03. The maximum atomic E-state index is 12.0. The molecule has 0 bridgehead atoms. The topological polar surface area (TPSA) is 69.6 Å². The summed E-state index contributed by atoms with van der Waals surface area (Å²) in [7, 11) is 0. The number of carbonyl (C=O) groups excluding carboxylic acids is 1. The Balaban J connectivity index is 2.23. The van der Waals surface area contributed by atoms with E-state index in [1.807, 2.05) is 31.2 Å². The van der Waals surface area contributed by atoms with Crippen LogP contribution in [0.5, 0.6) is 11.5 Å². The van der Waals surface area contributed by atoms with Gasteiger partial charge in [0.2, 0.25) is 0 Å². The number of hydrogen-bond acceptors (Lipinski definition) is 3. The van der Waals surface area contributed by atoms with Crippen molar-refractivity contribution in [3.63, 3.8) is 0 Å². The van der Waals surface area contributed by atoms with E-state index in [4.69, 9.17) is 0 Å². The largest absolute Gasteiger partial charge is 0.504 e.